The van der Waals surface area contributed by atoms with Crippen molar-refractivity contribution >= 4 is 53.3 Å². The van der Waals surface area contributed by atoms with Crippen molar-refractivity contribution in [3.8, 4) is 44.8 Å². The van der Waals surface area contributed by atoms with Crippen LogP contribution in [0.3, 0.4) is 0 Å². The van der Waals surface area contributed by atoms with E-state index in [-0.39, 0.29) is 10.8 Å². The lowest BCUT2D eigenvalue weighted by Gasteiger charge is -2.48. The highest BCUT2D eigenvalue weighted by Gasteiger charge is 2.46. The summed E-state index contributed by atoms with van der Waals surface area (Å²) in [5, 5.41) is 5.35. The molecule has 10 rings (SSSR count). The van der Waals surface area contributed by atoms with Crippen LogP contribution in [0.5, 0.6) is 0 Å². The van der Waals surface area contributed by atoms with Crippen LogP contribution in [0.15, 0.2) is 146 Å². The number of thiophene rings is 1. The van der Waals surface area contributed by atoms with E-state index < -0.39 is 0 Å². The van der Waals surface area contributed by atoms with E-state index in [2.05, 4.69) is 161 Å². The Balaban J connectivity index is 1.17. The Kier molecular flexibility index (Phi) is 6.47. The first kappa shape index (κ1) is 30.2. The van der Waals surface area contributed by atoms with E-state index in [1.165, 1.54) is 58.8 Å². The first-order chi connectivity index (χ1) is 24.8. The van der Waals surface area contributed by atoms with E-state index in [0.717, 1.165) is 39.1 Å². The van der Waals surface area contributed by atoms with E-state index in [1.54, 1.807) is 0 Å². The lowest BCUT2D eigenvalue weighted by Crippen LogP contribution is -2.43. The zero-order valence-corrected chi connectivity index (χ0v) is 30.0. The largest absolute Gasteiger partial charge is 0.244 e. The van der Waals surface area contributed by atoms with E-state index >= 15 is 0 Å². The summed E-state index contributed by atoms with van der Waals surface area (Å²) in [6, 6.07) is 52.7. The Hall–Kier alpha value is -5.64. The molecule has 1 aliphatic carbocycles. The number of nitrogens with zero attached hydrogens (tertiary/aromatic N) is 2. The highest BCUT2D eigenvalue weighted by molar-refractivity contribution is 7.26. The van der Waals surface area contributed by atoms with Crippen LogP contribution >= 0.6 is 11.3 Å². The van der Waals surface area contributed by atoms with Gasteiger partial charge in [0, 0.05) is 36.9 Å². The number of aromatic nitrogens is 2. The molecule has 0 saturated carbocycles. The molecule has 244 valence electrons. The highest BCUT2D eigenvalue weighted by atomic mass is 32.1. The maximum atomic E-state index is 5.29. The van der Waals surface area contributed by atoms with Crippen LogP contribution in [0.1, 0.15) is 38.8 Å². The van der Waals surface area contributed by atoms with Crippen molar-refractivity contribution in [2.45, 2.75) is 38.5 Å². The van der Waals surface area contributed by atoms with Gasteiger partial charge in [-0.1, -0.05) is 149 Å². The standard InChI is InChI=1S/C48H36N2S/c1-47(2)37-24-23-36-42-34-18-12-11-13-29(34)21-26-41(42)51-46(36)43(37)35-22-19-32(27-38(35)48(47,3)4)33-20-25-39-40(28-33)50-45(31-16-9-6-10-17-31)44(49-39)30-14-7-5-8-15-30/h5-28H,1-4H3. The van der Waals surface area contributed by atoms with Crippen LogP contribution in [0, 0.1) is 0 Å². The summed E-state index contributed by atoms with van der Waals surface area (Å²) < 4.78 is 2.74. The highest BCUT2D eigenvalue weighted by Crippen LogP contribution is 2.57. The van der Waals surface area contributed by atoms with Gasteiger partial charge in [0.1, 0.15) is 0 Å². The fraction of sp³-hybridized carbons (Fsp3) is 0.125. The summed E-state index contributed by atoms with van der Waals surface area (Å²) >= 11 is 1.94. The molecule has 3 heteroatoms. The molecule has 0 saturated heterocycles. The Morgan fingerprint density at radius 2 is 1.10 bits per heavy atom. The summed E-state index contributed by atoms with van der Waals surface area (Å²) in [5.74, 6) is 0. The number of fused-ring (bicyclic) bond motifs is 10. The summed E-state index contributed by atoms with van der Waals surface area (Å²) in [6.07, 6.45) is 0. The Bertz CT molecular complexity index is 2850. The predicted octanol–water partition coefficient (Wildman–Crippen LogP) is 13.4. The van der Waals surface area contributed by atoms with Gasteiger partial charge in [0.25, 0.3) is 0 Å². The first-order valence-corrected chi connectivity index (χ1v) is 18.6. The Morgan fingerprint density at radius 3 is 1.84 bits per heavy atom. The van der Waals surface area contributed by atoms with Crippen molar-refractivity contribution in [2.24, 2.45) is 0 Å². The second kappa shape index (κ2) is 10.9. The minimum absolute atomic E-state index is 0.0896. The molecule has 2 nitrogen and oxygen atoms in total. The summed E-state index contributed by atoms with van der Waals surface area (Å²) in [5.41, 5.74) is 13.4. The molecular formula is C48H36N2S. The third-order valence-electron chi connectivity index (χ3n) is 11.8. The molecule has 0 unspecified atom stereocenters. The number of hydrogen-bond donors (Lipinski definition) is 0. The molecule has 0 radical (unpaired) electrons. The minimum atomic E-state index is -0.107. The van der Waals surface area contributed by atoms with Crippen LogP contribution in [-0.4, -0.2) is 9.97 Å². The zero-order valence-electron chi connectivity index (χ0n) is 29.2. The van der Waals surface area contributed by atoms with Crippen molar-refractivity contribution in [2.75, 3.05) is 0 Å². The number of hydrogen-bond acceptors (Lipinski definition) is 3. The lowest BCUT2D eigenvalue weighted by molar-refractivity contribution is 0.299. The average molecular weight is 673 g/mol. The van der Waals surface area contributed by atoms with Crippen molar-refractivity contribution in [3.05, 3.63) is 157 Å². The number of rotatable bonds is 3. The average Bonchev–Trinajstić information content (AvgIpc) is 3.56. The van der Waals surface area contributed by atoms with Crippen LogP contribution in [0.2, 0.25) is 0 Å². The maximum absolute atomic E-state index is 5.29. The third kappa shape index (κ3) is 4.41. The van der Waals surface area contributed by atoms with Gasteiger partial charge in [0.15, 0.2) is 0 Å². The van der Waals surface area contributed by atoms with Gasteiger partial charge in [-0.25, -0.2) is 9.97 Å². The Labute approximate surface area is 302 Å². The molecule has 9 aromatic rings. The van der Waals surface area contributed by atoms with E-state index in [1.807, 2.05) is 23.5 Å². The lowest BCUT2D eigenvalue weighted by atomic mass is 9.55. The predicted molar refractivity (Wildman–Crippen MR) is 218 cm³/mol. The number of benzene rings is 7. The summed E-state index contributed by atoms with van der Waals surface area (Å²) in [6.45, 7) is 9.70. The minimum Gasteiger partial charge on any atom is -0.244 e. The zero-order chi connectivity index (χ0) is 34.5. The molecule has 0 spiro atoms. The maximum Gasteiger partial charge on any atom is 0.0973 e. The molecule has 0 N–H and O–H groups in total. The van der Waals surface area contributed by atoms with E-state index in [4.69, 9.17) is 9.97 Å². The molecule has 51 heavy (non-hydrogen) atoms. The van der Waals surface area contributed by atoms with Crippen LogP contribution < -0.4 is 0 Å². The normalized spacial score (nSPS) is 14.6. The van der Waals surface area contributed by atoms with Gasteiger partial charge in [-0.15, -0.1) is 11.3 Å². The van der Waals surface area contributed by atoms with Gasteiger partial charge in [-0.3, -0.25) is 0 Å². The van der Waals surface area contributed by atoms with Gasteiger partial charge in [-0.2, -0.15) is 0 Å². The van der Waals surface area contributed by atoms with E-state index in [0.29, 0.717) is 0 Å². The smallest absolute Gasteiger partial charge is 0.0973 e. The molecule has 0 bridgehead atoms. The van der Waals surface area contributed by atoms with Crippen LogP contribution in [-0.2, 0) is 10.8 Å². The summed E-state index contributed by atoms with van der Waals surface area (Å²) in [7, 11) is 0. The first-order valence-electron chi connectivity index (χ1n) is 17.7. The van der Waals surface area contributed by atoms with Gasteiger partial charge in [0.05, 0.1) is 22.4 Å². The molecular weight excluding hydrogens is 637 g/mol. The van der Waals surface area contributed by atoms with Crippen LogP contribution in [0.25, 0.3) is 86.7 Å². The molecule has 2 aromatic heterocycles. The molecule has 0 fully saturated rings. The fourth-order valence-corrected chi connectivity index (χ4v) is 9.64. The second-order valence-corrected chi connectivity index (χ2v) is 16.0. The fourth-order valence-electron chi connectivity index (χ4n) is 8.36. The van der Waals surface area contributed by atoms with Gasteiger partial charge in [-0.05, 0) is 73.7 Å². The monoisotopic (exact) mass is 672 g/mol. The molecule has 1 aliphatic rings. The molecule has 0 atom stereocenters. The van der Waals surface area contributed by atoms with E-state index in [9.17, 15) is 0 Å². The molecule has 0 amide bonds. The van der Waals surface area contributed by atoms with Crippen molar-refractivity contribution in [1.29, 1.82) is 0 Å². The molecule has 2 heterocycles. The van der Waals surface area contributed by atoms with Crippen LogP contribution in [0.4, 0.5) is 0 Å². The molecule has 7 aromatic carbocycles. The topological polar surface area (TPSA) is 25.8 Å². The van der Waals surface area contributed by atoms with Gasteiger partial charge < -0.3 is 0 Å². The quantitative estimate of drug-likeness (QED) is 0.187. The SMILES string of the molecule is CC1(C)c2cc(-c3ccc4nc(-c5ccccc5)c(-c5ccccc5)nc4c3)ccc2-c2c(ccc3c2sc2ccc4ccccc4c23)C1(C)C. The van der Waals surface area contributed by atoms with Crippen molar-refractivity contribution in [1.82, 2.24) is 9.97 Å². The van der Waals surface area contributed by atoms with Crippen molar-refractivity contribution in [3.63, 3.8) is 0 Å². The van der Waals surface area contributed by atoms with Gasteiger partial charge >= 0.3 is 0 Å². The second-order valence-electron chi connectivity index (χ2n) is 15.0. The molecule has 0 aliphatic heterocycles. The third-order valence-corrected chi connectivity index (χ3v) is 13.0. The van der Waals surface area contributed by atoms with Crippen molar-refractivity contribution < 1.29 is 0 Å². The van der Waals surface area contributed by atoms with Gasteiger partial charge in [0.2, 0.25) is 0 Å². The Morgan fingerprint density at radius 1 is 0.471 bits per heavy atom. The summed E-state index contributed by atoms with van der Waals surface area (Å²) in [4.78, 5) is 10.5.